The normalized spacial score (nSPS) is 18.9. The fourth-order valence-corrected chi connectivity index (χ4v) is 3.34. The molecule has 1 aliphatic rings. The molecule has 1 amide bonds. The fraction of sp³-hybridized carbons (Fsp3) is 0.500. The van der Waals surface area contributed by atoms with E-state index < -0.39 is 0 Å². The average molecular weight is 374 g/mol. The highest BCUT2D eigenvalue weighted by molar-refractivity contribution is 5.79. The fourth-order valence-electron chi connectivity index (χ4n) is 3.34. The third-order valence-corrected chi connectivity index (χ3v) is 4.73. The number of aryl methyl sites for hydroxylation is 1. The molecular weight excluding hydrogens is 347 g/mol. The SMILES string of the molecule is CC(C)N1CC(OCc2ccc(F)cc2)CN(Cc2cnn(C)c2)CC1=O. The van der Waals surface area contributed by atoms with Crippen molar-refractivity contribution in [2.45, 2.75) is 39.1 Å². The number of nitrogens with zero attached hydrogens (tertiary/aromatic N) is 4. The van der Waals surface area contributed by atoms with Crippen LogP contribution in [0.1, 0.15) is 25.0 Å². The van der Waals surface area contributed by atoms with Gasteiger partial charge in [0.2, 0.25) is 5.91 Å². The van der Waals surface area contributed by atoms with Crippen molar-refractivity contribution in [2.24, 2.45) is 7.05 Å². The van der Waals surface area contributed by atoms with Gasteiger partial charge < -0.3 is 9.64 Å². The van der Waals surface area contributed by atoms with Gasteiger partial charge in [0, 0.05) is 44.5 Å². The molecule has 0 spiro atoms. The number of hydrogen-bond donors (Lipinski definition) is 0. The molecule has 0 radical (unpaired) electrons. The number of amides is 1. The predicted octanol–water partition coefficient (Wildman–Crippen LogP) is 2.20. The van der Waals surface area contributed by atoms with Gasteiger partial charge in [0.25, 0.3) is 0 Å². The van der Waals surface area contributed by atoms with Gasteiger partial charge in [-0.2, -0.15) is 5.10 Å². The van der Waals surface area contributed by atoms with E-state index in [0.717, 1.165) is 11.1 Å². The summed E-state index contributed by atoms with van der Waals surface area (Å²) in [7, 11) is 1.88. The van der Waals surface area contributed by atoms with Crippen LogP contribution in [0.4, 0.5) is 4.39 Å². The lowest BCUT2D eigenvalue weighted by molar-refractivity contribution is -0.133. The van der Waals surface area contributed by atoms with Crippen LogP contribution >= 0.6 is 0 Å². The minimum absolute atomic E-state index is 0.111. The van der Waals surface area contributed by atoms with Crippen molar-refractivity contribution in [3.63, 3.8) is 0 Å². The summed E-state index contributed by atoms with van der Waals surface area (Å²) >= 11 is 0. The average Bonchev–Trinajstić information content (AvgIpc) is 2.94. The van der Waals surface area contributed by atoms with Crippen LogP contribution in [-0.4, -0.2) is 57.3 Å². The number of benzene rings is 1. The first-order chi connectivity index (χ1) is 12.9. The van der Waals surface area contributed by atoms with Crippen molar-refractivity contribution in [3.8, 4) is 0 Å². The minimum atomic E-state index is -0.257. The third kappa shape index (κ3) is 5.37. The van der Waals surface area contributed by atoms with Crippen molar-refractivity contribution < 1.29 is 13.9 Å². The summed E-state index contributed by atoms with van der Waals surface area (Å²) in [4.78, 5) is 16.7. The van der Waals surface area contributed by atoms with E-state index in [9.17, 15) is 9.18 Å². The summed E-state index contributed by atoms with van der Waals surface area (Å²) in [5.41, 5.74) is 1.99. The molecule has 3 rings (SSSR count). The molecule has 1 unspecified atom stereocenters. The highest BCUT2D eigenvalue weighted by atomic mass is 19.1. The molecule has 1 atom stereocenters. The van der Waals surface area contributed by atoms with Gasteiger partial charge in [-0.1, -0.05) is 12.1 Å². The van der Waals surface area contributed by atoms with E-state index in [1.54, 1.807) is 16.8 Å². The largest absolute Gasteiger partial charge is 0.370 e. The molecule has 7 heteroatoms. The molecule has 2 aromatic rings. The first kappa shape index (κ1) is 19.5. The van der Waals surface area contributed by atoms with Gasteiger partial charge in [0.05, 0.1) is 25.5 Å². The number of ether oxygens (including phenoxy) is 1. The molecule has 0 N–H and O–H groups in total. The molecule has 0 aliphatic carbocycles. The van der Waals surface area contributed by atoms with Crippen LogP contribution in [0.25, 0.3) is 0 Å². The van der Waals surface area contributed by atoms with E-state index in [1.807, 2.05) is 38.2 Å². The monoisotopic (exact) mass is 374 g/mol. The molecule has 1 saturated heterocycles. The van der Waals surface area contributed by atoms with Gasteiger partial charge in [-0.05, 0) is 31.5 Å². The van der Waals surface area contributed by atoms with Gasteiger partial charge in [-0.3, -0.25) is 14.4 Å². The predicted molar refractivity (Wildman–Crippen MR) is 100 cm³/mol. The van der Waals surface area contributed by atoms with Crippen LogP contribution in [-0.2, 0) is 29.7 Å². The summed E-state index contributed by atoms with van der Waals surface area (Å²) in [5, 5.41) is 4.20. The molecule has 1 aromatic heterocycles. The quantitative estimate of drug-likeness (QED) is 0.778. The van der Waals surface area contributed by atoms with E-state index in [-0.39, 0.29) is 23.9 Å². The van der Waals surface area contributed by atoms with Crippen molar-refractivity contribution >= 4 is 5.91 Å². The third-order valence-electron chi connectivity index (χ3n) is 4.73. The topological polar surface area (TPSA) is 50.6 Å². The molecule has 146 valence electrons. The number of rotatable bonds is 6. The van der Waals surface area contributed by atoms with Gasteiger partial charge in [-0.25, -0.2) is 4.39 Å². The maximum atomic E-state index is 13.1. The van der Waals surface area contributed by atoms with E-state index in [2.05, 4.69) is 10.00 Å². The van der Waals surface area contributed by atoms with E-state index >= 15 is 0 Å². The number of carbonyl (C=O) groups is 1. The summed E-state index contributed by atoms with van der Waals surface area (Å²) in [6.07, 6.45) is 3.68. The molecule has 1 aliphatic heterocycles. The van der Waals surface area contributed by atoms with Crippen LogP contribution in [0.15, 0.2) is 36.7 Å². The zero-order valence-electron chi connectivity index (χ0n) is 16.1. The highest BCUT2D eigenvalue weighted by Crippen LogP contribution is 2.15. The summed E-state index contributed by atoms with van der Waals surface area (Å²) in [6.45, 7) is 6.67. The summed E-state index contributed by atoms with van der Waals surface area (Å²) < 4.78 is 21.0. The Morgan fingerprint density at radius 2 is 1.96 bits per heavy atom. The van der Waals surface area contributed by atoms with Crippen LogP contribution in [0.3, 0.4) is 0 Å². The highest BCUT2D eigenvalue weighted by Gasteiger charge is 2.30. The van der Waals surface area contributed by atoms with Crippen molar-refractivity contribution in [2.75, 3.05) is 19.6 Å². The van der Waals surface area contributed by atoms with Gasteiger partial charge in [0.15, 0.2) is 0 Å². The zero-order chi connectivity index (χ0) is 19.4. The number of hydrogen-bond acceptors (Lipinski definition) is 4. The van der Waals surface area contributed by atoms with Crippen LogP contribution < -0.4 is 0 Å². The lowest BCUT2D eigenvalue weighted by Crippen LogP contribution is -2.42. The Morgan fingerprint density at radius 1 is 1.22 bits per heavy atom. The molecule has 6 nitrogen and oxygen atoms in total. The number of aromatic nitrogens is 2. The maximum absolute atomic E-state index is 13.1. The second kappa shape index (κ2) is 8.63. The van der Waals surface area contributed by atoms with E-state index in [0.29, 0.717) is 32.8 Å². The lowest BCUT2D eigenvalue weighted by atomic mass is 10.2. The molecule has 2 heterocycles. The second-order valence-corrected chi connectivity index (χ2v) is 7.39. The molecule has 27 heavy (non-hydrogen) atoms. The van der Waals surface area contributed by atoms with Crippen LogP contribution in [0, 0.1) is 5.82 Å². The summed E-state index contributed by atoms with van der Waals surface area (Å²) in [6, 6.07) is 6.44. The second-order valence-electron chi connectivity index (χ2n) is 7.39. The number of halogens is 1. The van der Waals surface area contributed by atoms with Gasteiger partial charge >= 0.3 is 0 Å². The minimum Gasteiger partial charge on any atom is -0.370 e. The van der Waals surface area contributed by atoms with Crippen molar-refractivity contribution in [1.82, 2.24) is 19.6 Å². The molecular formula is C20H27FN4O2. The first-order valence-corrected chi connectivity index (χ1v) is 9.26. The van der Waals surface area contributed by atoms with Gasteiger partial charge in [-0.15, -0.1) is 0 Å². The first-order valence-electron chi connectivity index (χ1n) is 9.26. The molecule has 0 bridgehead atoms. The Labute approximate surface area is 159 Å². The Bertz CT molecular complexity index is 760. The standard InChI is InChI=1S/C20H27FN4O2/c1-15(2)25-12-19(27-14-16-4-6-18(21)7-5-16)11-24(13-20(25)26)10-17-8-22-23(3)9-17/h4-9,15,19H,10-14H2,1-3H3. The summed E-state index contributed by atoms with van der Waals surface area (Å²) in [5.74, 6) is -0.144. The van der Waals surface area contributed by atoms with Crippen molar-refractivity contribution in [3.05, 3.63) is 53.6 Å². The zero-order valence-corrected chi connectivity index (χ0v) is 16.1. The Kier molecular flexibility index (Phi) is 6.23. The molecule has 1 aromatic carbocycles. The molecule has 1 fully saturated rings. The Balaban J connectivity index is 1.69. The maximum Gasteiger partial charge on any atom is 0.237 e. The van der Waals surface area contributed by atoms with Gasteiger partial charge in [0.1, 0.15) is 5.82 Å². The van der Waals surface area contributed by atoms with E-state index in [4.69, 9.17) is 4.74 Å². The van der Waals surface area contributed by atoms with E-state index in [1.165, 1.54) is 12.1 Å². The smallest absolute Gasteiger partial charge is 0.237 e. The molecule has 0 saturated carbocycles. The Hall–Kier alpha value is -2.25. The lowest BCUT2D eigenvalue weighted by Gasteiger charge is -2.27. The number of carbonyl (C=O) groups excluding carboxylic acids is 1. The van der Waals surface area contributed by atoms with Crippen LogP contribution in [0.5, 0.6) is 0 Å². The van der Waals surface area contributed by atoms with Crippen LogP contribution in [0.2, 0.25) is 0 Å². The Morgan fingerprint density at radius 3 is 2.59 bits per heavy atom. The van der Waals surface area contributed by atoms with Crippen molar-refractivity contribution in [1.29, 1.82) is 0 Å².